The fourth-order valence-electron chi connectivity index (χ4n) is 7.26. The molecule has 4 aliphatic rings. The van der Waals surface area contributed by atoms with Crippen molar-refractivity contribution in [3.05, 3.63) is 23.8 Å². The van der Waals surface area contributed by atoms with E-state index in [0.717, 1.165) is 0 Å². The molecular formula is C22H29FO5. The first kappa shape index (κ1) is 19.9. The van der Waals surface area contributed by atoms with E-state index in [1.54, 1.807) is 26.8 Å². The summed E-state index contributed by atoms with van der Waals surface area (Å²) in [4.78, 5) is 24.4. The van der Waals surface area contributed by atoms with Gasteiger partial charge in [-0.05, 0) is 56.6 Å². The lowest BCUT2D eigenvalue weighted by Crippen LogP contribution is -2.69. The number of rotatable bonds is 2. The second kappa shape index (κ2) is 5.83. The summed E-state index contributed by atoms with van der Waals surface area (Å²) >= 11 is 0. The Morgan fingerprint density at radius 1 is 1.32 bits per heavy atom. The number of hydrogen-bond acceptors (Lipinski definition) is 5. The summed E-state index contributed by atoms with van der Waals surface area (Å²) in [5.41, 5.74) is -5.17. The molecule has 0 aliphatic heterocycles. The zero-order valence-electron chi connectivity index (χ0n) is 16.6. The van der Waals surface area contributed by atoms with Gasteiger partial charge in [0.05, 0.1) is 6.10 Å². The molecule has 5 nitrogen and oxygen atoms in total. The van der Waals surface area contributed by atoms with E-state index in [9.17, 15) is 24.9 Å². The maximum absolute atomic E-state index is 16.9. The predicted octanol–water partition coefficient (Wildman–Crippen LogP) is 1.90. The zero-order valence-corrected chi connectivity index (χ0v) is 16.6. The van der Waals surface area contributed by atoms with E-state index < -0.39 is 52.4 Å². The van der Waals surface area contributed by atoms with Gasteiger partial charge in [-0.3, -0.25) is 9.59 Å². The maximum Gasteiger partial charge on any atom is 0.190 e. The molecule has 0 aromatic carbocycles. The molecule has 4 rings (SSSR count). The minimum absolute atomic E-state index is 0.0676. The van der Waals surface area contributed by atoms with Crippen LogP contribution in [-0.4, -0.2) is 50.9 Å². The van der Waals surface area contributed by atoms with Gasteiger partial charge in [0, 0.05) is 16.7 Å². The van der Waals surface area contributed by atoms with Gasteiger partial charge in [-0.25, -0.2) is 4.39 Å². The third-order valence-corrected chi connectivity index (χ3v) is 8.79. The molecule has 3 fully saturated rings. The van der Waals surface area contributed by atoms with Crippen molar-refractivity contribution in [3.8, 4) is 0 Å². The lowest BCUT2D eigenvalue weighted by Gasteiger charge is -2.62. The summed E-state index contributed by atoms with van der Waals surface area (Å²) in [6.07, 6.45) is 4.44. The van der Waals surface area contributed by atoms with Crippen LogP contribution in [0, 0.1) is 28.6 Å². The third kappa shape index (κ3) is 2.01. The van der Waals surface area contributed by atoms with Crippen LogP contribution in [0.5, 0.6) is 0 Å². The molecule has 0 aromatic rings. The molecule has 28 heavy (non-hydrogen) atoms. The number of aliphatic hydroxyl groups is 3. The van der Waals surface area contributed by atoms with Crippen LogP contribution in [-0.2, 0) is 9.59 Å². The molecule has 0 unspecified atom stereocenters. The monoisotopic (exact) mass is 392 g/mol. The van der Waals surface area contributed by atoms with Crippen LogP contribution in [0.1, 0.15) is 46.5 Å². The van der Waals surface area contributed by atoms with Crippen LogP contribution in [0.3, 0.4) is 0 Å². The lowest BCUT2D eigenvalue weighted by atomic mass is 9.44. The average molecular weight is 392 g/mol. The Hall–Kier alpha value is -1.37. The van der Waals surface area contributed by atoms with Crippen LogP contribution in [0.4, 0.5) is 4.39 Å². The number of aliphatic hydroxyl groups excluding tert-OH is 2. The van der Waals surface area contributed by atoms with Gasteiger partial charge < -0.3 is 15.3 Å². The van der Waals surface area contributed by atoms with Crippen molar-refractivity contribution < 1.29 is 29.3 Å². The van der Waals surface area contributed by atoms with Gasteiger partial charge in [0.2, 0.25) is 0 Å². The smallest absolute Gasteiger partial charge is 0.190 e. The van der Waals surface area contributed by atoms with E-state index in [4.69, 9.17) is 0 Å². The second-order valence-corrected chi connectivity index (χ2v) is 9.75. The van der Waals surface area contributed by atoms with E-state index in [1.807, 2.05) is 0 Å². The van der Waals surface area contributed by atoms with Crippen LogP contribution >= 0.6 is 0 Å². The Morgan fingerprint density at radius 2 is 2.00 bits per heavy atom. The molecule has 0 saturated heterocycles. The molecule has 8 atom stereocenters. The Morgan fingerprint density at radius 3 is 2.64 bits per heavy atom. The number of halogens is 1. The van der Waals surface area contributed by atoms with Crippen molar-refractivity contribution in [2.75, 3.05) is 6.61 Å². The van der Waals surface area contributed by atoms with E-state index in [0.29, 0.717) is 24.8 Å². The number of carbonyl (C=O) groups excluding carboxylic acids is 2. The van der Waals surface area contributed by atoms with Crippen molar-refractivity contribution >= 4 is 11.6 Å². The number of alkyl halides is 1. The molecule has 0 aromatic heterocycles. The molecular weight excluding hydrogens is 363 g/mol. The minimum Gasteiger partial charge on any atom is -0.390 e. The standard InChI is InChI=1S/C22H29FO5/c1-12-8-16-15-5-4-13-9-14(25)6-7-19(13,2)21(15,23)17(26)10-20(16,3)22(12,28)18(27)11-24/h6-7,9,12,15-17,24,26,28H,4-5,8,10-11H2,1-3H3/t12-,15+,16+,17-,19+,20+,21+,22-/m1/s1. The van der Waals surface area contributed by atoms with Crippen LogP contribution in [0.2, 0.25) is 0 Å². The quantitative estimate of drug-likeness (QED) is 0.667. The molecule has 6 heteroatoms. The first-order valence-electron chi connectivity index (χ1n) is 10.1. The van der Waals surface area contributed by atoms with Gasteiger partial charge in [-0.15, -0.1) is 0 Å². The number of Topliss-reactive ketones (excluding diaryl/α,β-unsaturated/α-hetero) is 1. The highest BCUT2D eigenvalue weighted by Crippen LogP contribution is 2.70. The summed E-state index contributed by atoms with van der Waals surface area (Å²) < 4.78 is 16.9. The van der Waals surface area contributed by atoms with Crippen LogP contribution in [0.15, 0.2) is 23.8 Å². The van der Waals surface area contributed by atoms with Crippen molar-refractivity contribution in [3.63, 3.8) is 0 Å². The Bertz CT molecular complexity index is 805. The summed E-state index contributed by atoms with van der Waals surface area (Å²) in [6, 6.07) is 0. The van der Waals surface area contributed by atoms with Crippen molar-refractivity contribution in [2.45, 2.75) is 63.8 Å². The van der Waals surface area contributed by atoms with Crippen molar-refractivity contribution in [1.82, 2.24) is 0 Å². The minimum atomic E-state index is -1.98. The number of hydrogen-bond donors (Lipinski definition) is 3. The first-order valence-corrected chi connectivity index (χ1v) is 10.1. The molecule has 0 bridgehead atoms. The highest BCUT2D eigenvalue weighted by molar-refractivity contribution is 6.01. The molecule has 0 heterocycles. The molecule has 154 valence electrons. The maximum atomic E-state index is 16.9. The van der Waals surface area contributed by atoms with E-state index in [2.05, 4.69) is 0 Å². The second-order valence-electron chi connectivity index (χ2n) is 9.75. The normalized spacial score (nSPS) is 52.5. The molecule has 0 radical (unpaired) electrons. The van der Waals surface area contributed by atoms with Crippen LogP contribution in [0.25, 0.3) is 0 Å². The third-order valence-electron chi connectivity index (χ3n) is 8.79. The summed E-state index contributed by atoms with van der Waals surface area (Å²) in [5.74, 6) is -2.12. The summed E-state index contributed by atoms with van der Waals surface area (Å²) in [5, 5.41) is 32.0. The Kier molecular flexibility index (Phi) is 4.15. The van der Waals surface area contributed by atoms with Gasteiger partial charge in [-0.2, -0.15) is 0 Å². The molecule has 0 amide bonds. The van der Waals surface area contributed by atoms with Gasteiger partial charge in [-0.1, -0.05) is 25.5 Å². The van der Waals surface area contributed by atoms with Gasteiger partial charge in [0.15, 0.2) is 17.2 Å². The number of allylic oxidation sites excluding steroid dienone is 4. The largest absolute Gasteiger partial charge is 0.390 e. The Labute approximate surface area is 164 Å². The van der Waals surface area contributed by atoms with Crippen LogP contribution < -0.4 is 0 Å². The van der Waals surface area contributed by atoms with E-state index >= 15 is 4.39 Å². The number of fused-ring (bicyclic) bond motifs is 5. The fourth-order valence-corrected chi connectivity index (χ4v) is 7.26. The zero-order chi connectivity index (χ0) is 20.7. The van der Waals surface area contributed by atoms with Gasteiger partial charge in [0.25, 0.3) is 0 Å². The predicted molar refractivity (Wildman–Crippen MR) is 99.9 cm³/mol. The highest BCUT2D eigenvalue weighted by atomic mass is 19.1. The average Bonchev–Trinajstić information content (AvgIpc) is 2.84. The van der Waals surface area contributed by atoms with Gasteiger partial charge in [0.1, 0.15) is 12.2 Å². The molecule has 0 spiro atoms. The molecule has 3 saturated carbocycles. The molecule has 3 N–H and O–H groups in total. The summed E-state index contributed by atoms with van der Waals surface area (Å²) in [7, 11) is 0. The first-order chi connectivity index (χ1) is 13.0. The Balaban J connectivity index is 1.84. The van der Waals surface area contributed by atoms with Gasteiger partial charge >= 0.3 is 0 Å². The fraction of sp³-hybridized carbons (Fsp3) is 0.727. The lowest BCUT2D eigenvalue weighted by molar-refractivity contribution is -0.219. The SMILES string of the molecule is C[C@@H]1C[C@H]2[C@@H]3CCC4=CC(=O)C=C[C@]4(C)[C@@]3(F)[C@H](O)C[C@]2(C)[C@]1(O)C(=O)CO. The highest BCUT2D eigenvalue weighted by Gasteiger charge is 2.75. The molecule has 4 aliphatic carbocycles. The van der Waals surface area contributed by atoms with Crippen molar-refractivity contribution in [1.29, 1.82) is 0 Å². The number of carbonyl (C=O) groups is 2. The topological polar surface area (TPSA) is 94.8 Å². The summed E-state index contributed by atoms with van der Waals surface area (Å²) in [6.45, 7) is 4.48. The van der Waals surface area contributed by atoms with Crippen molar-refractivity contribution in [2.24, 2.45) is 28.6 Å². The van der Waals surface area contributed by atoms with E-state index in [1.165, 1.54) is 12.2 Å². The van der Waals surface area contributed by atoms with E-state index in [-0.39, 0.29) is 18.1 Å². The number of ketones is 2.